The highest BCUT2D eigenvalue weighted by Gasteiger charge is 2.60. The molecule has 3 nitrogen and oxygen atoms in total. The molecule has 4 aliphatic rings. The quantitative estimate of drug-likeness (QED) is 0.237. The highest BCUT2D eigenvalue weighted by molar-refractivity contribution is 5.91. The summed E-state index contributed by atoms with van der Waals surface area (Å²) in [7, 11) is 0. The van der Waals surface area contributed by atoms with Gasteiger partial charge in [0.05, 0.1) is 1.37 Å². The molecule has 3 fully saturated rings. The van der Waals surface area contributed by atoms with Gasteiger partial charge in [0, 0.05) is 23.7 Å². The fraction of sp³-hybridized carbons (Fsp3) is 0.871. The van der Waals surface area contributed by atoms with E-state index in [1.807, 2.05) is 6.92 Å². The summed E-state index contributed by atoms with van der Waals surface area (Å²) < 4.78 is 49.4. The molecule has 4 aliphatic carbocycles. The SMILES string of the molecule is [2H]C1=C2[C@H](CC([2H])([2H])C1=O)C1C(C3CC[C@H](OC(=O)CCCCCCCCCC)[C@@]3(C)C[C@@H]1C)[C@@H](C)C2([2H])[2H]. The molecule has 0 bridgehead atoms. The van der Waals surface area contributed by atoms with Crippen LogP contribution in [0.5, 0.6) is 0 Å². The lowest BCUT2D eigenvalue weighted by Gasteiger charge is -2.58. The van der Waals surface area contributed by atoms with Crippen molar-refractivity contribution in [1.29, 1.82) is 0 Å². The molecular formula is C31H50O3. The summed E-state index contributed by atoms with van der Waals surface area (Å²) in [4.78, 5) is 25.5. The molecule has 0 spiro atoms. The molecule has 4 rings (SSSR count). The molecule has 0 aliphatic heterocycles. The predicted molar refractivity (Wildman–Crippen MR) is 138 cm³/mol. The lowest BCUT2D eigenvalue weighted by molar-refractivity contribution is -0.162. The maximum Gasteiger partial charge on any atom is 0.306 e. The number of carbonyl (C=O) groups is 2. The minimum atomic E-state index is -2.13. The van der Waals surface area contributed by atoms with Gasteiger partial charge in [-0.15, -0.1) is 0 Å². The largest absolute Gasteiger partial charge is 0.462 e. The van der Waals surface area contributed by atoms with Crippen LogP contribution in [0.4, 0.5) is 0 Å². The third-order valence-corrected chi connectivity index (χ3v) is 9.69. The van der Waals surface area contributed by atoms with Crippen molar-refractivity contribution in [2.24, 2.45) is 40.9 Å². The van der Waals surface area contributed by atoms with Gasteiger partial charge in [0.15, 0.2) is 5.78 Å². The summed E-state index contributed by atoms with van der Waals surface area (Å²) in [6.07, 6.45) is 8.22. The highest BCUT2D eigenvalue weighted by atomic mass is 16.5. The van der Waals surface area contributed by atoms with Crippen molar-refractivity contribution in [2.45, 2.75) is 130 Å². The molecule has 0 amide bonds. The Morgan fingerprint density at radius 1 is 1.06 bits per heavy atom. The van der Waals surface area contributed by atoms with E-state index in [0.717, 1.165) is 32.1 Å². The molecule has 3 unspecified atom stereocenters. The van der Waals surface area contributed by atoms with Gasteiger partial charge in [0.25, 0.3) is 0 Å². The highest BCUT2D eigenvalue weighted by Crippen LogP contribution is 2.65. The number of esters is 1. The third-order valence-electron chi connectivity index (χ3n) is 9.69. The minimum absolute atomic E-state index is 0.00397. The molecule has 0 radical (unpaired) electrons. The van der Waals surface area contributed by atoms with Crippen molar-refractivity contribution in [3.8, 4) is 0 Å². The second kappa shape index (κ2) is 11.3. The maximum absolute atomic E-state index is 12.9. The van der Waals surface area contributed by atoms with Gasteiger partial charge in [-0.2, -0.15) is 0 Å². The Labute approximate surface area is 215 Å². The van der Waals surface area contributed by atoms with Crippen LogP contribution in [0.15, 0.2) is 11.6 Å². The zero-order valence-electron chi connectivity index (χ0n) is 27.0. The zero-order valence-corrected chi connectivity index (χ0v) is 22.0. The topological polar surface area (TPSA) is 43.4 Å². The first-order valence-corrected chi connectivity index (χ1v) is 14.2. The Hall–Kier alpha value is -1.12. The molecule has 34 heavy (non-hydrogen) atoms. The van der Waals surface area contributed by atoms with Gasteiger partial charge in [0.2, 0.25) is 0 Å². The Bertz CT molecular complexity index is 962. The van der Waals surface area contributed by atoms with Crippen LogP contribution in [-0.4, -0.2) is 17.9 Å². The normalized spacial score (nSPS) is 44.5. The fourth-order valence-corrected chi connectivity index (χ4v) is 8.16. The zero-order chi connectivity index (χ0) is 28.8. The first-order valence-electron chi connectivity index (χ1n) is 16.7. The molecule has 3 heteroatoms. The van der Waals surface area contributed by atoms with E-state index in [0.29, 0.717) is 6.42 Å². The van der Waals surface area contributed by atoms with Crippen molar-refractivity contribution in [3.05, 3.63) is 11.6 Å². The number of fused-ring (bicyclic) bond motifs is 5. The van der Waals surface area contributed by atoms with E-state index in [1.165, 1.54) is 38.5 Å². The maximum atomic E-state index is 12.9. The van der Waals surface area contributed by atoms with Crippen molar-refractivity contribution in [1.82, 2.24) is 0 Å². The molecule has 0 N–H and O–H groups in total. The Balaban J connectivity index is 1.45. The van der Waals surface area contributed by atoms with Crippen LogP contribution in [0.25, 0.3) is 0 Å². The van der Waals surface area contributed by atoms with Crippen molar-refractivity contribution >= 4 is 11.8 Å². The number of ether oxygens (including phenoxy) is 1. The molecule has 0 aromatic carbocycles. The van der Waals surface area contributed by atoms with Gasteiger partial charge >= 0.3 is 5.97 Å². The number of ketones is 1. The lowest BCUT2D eigenvalue weighted by atomic mass is 9.47. The van der Waals surface area contributed by atoms with E-state index in [-0.39, 0.29) is 53.2 Å². The van der Waals surface area contributed by atoms with E-state index in [2.05, 4.69) is 20.8 Å². The fourth-order valence-electron chi connectivity index (χ4n) is 8.16. The molecule has 0 aromatic heterocycles. The number of unbranched alkanes of at least 4 members (excludes halogenated alkanes) is 7. The van der Waals surface area contributed by atoms with Gasteiger partial charge in [-0.3, -0.25) is 9.59 Å². The summed E-state index contributed by atoms with van der Waals surface area (Å²) in [6.45, 7) is 8.53. The van der Waals surface area contributed by atoms with Crippen LogP contribution in [0.1, 0.15) is 131 Å². The van der Waals surface area contributed by atoms with Gasteiger partial charge in [-0.1, -0.05) is 78.2 Å². The first kappa shape index (κ1) is 20.0. The smallest absolute Gasteiger partial charge is 0.306 e. The van der Waals surface area contributed by atoms with Crippen LogP contribution in [0.2, 0.25) is 0 Å². The molecule has 8 atom stereocenters. The molecule has 192 valence electrons. The molecule has 0 saturated heterocycles. The average Bonchev–Trinajstić information content (AvgIpc) is 3.16. The minimum Gasteiger partial charge on any atom is -0.462 e. The van der Waals surface area contributed by atoms with Crippen LogP contribution in [0.3, 0.4) is 0 Å². The Morgan fingerprint density at radius 3 is 2.50 bits per heavy atom. The molecule has 0 aromatic rings. The number of hydrogen-bond acceptors (Lipinski definition) is 3. The number of hydrogen-bond donors (Lipinski definition) is 0. The number of allylic oxidation sites excluding steroid dienone is 1. The van der Waals surface area contributed by atoms with Crippen LogP contribution in [0, 0.1) is 40.9 Å². The number of carbonyl (C=O) groups excluding carboxylic acids is 2. The first-order chi connectivity index (χ1) is 18.3. The van der Waals surface area contributed by atoms with Crippen LogP contribution < -0.4 is 0 Å². The molecule has 3 saturated carbocycles. The standard InChI is InChI=1S/C31H50O3/c1-5-6-7-8-9-10-11-12-13-28(33)34-27-17-16-26-30-21(2)18-23-19-24(32)14-15-25(23)29(30)22(3)20-31(26,27)4/h19,21-22,25-27,29-30H,5-18,20H2,1-4H3/t21-,22-,25-,26?,27-,29?,30?,31-/m0/s1/i14D2,18D2,19D. The second-order valence-electron chi connectivity index (χ2n) is 12.0. The van der Waals surface area contributed by atoms with Gasteiger partial charge in [-0.05, 0) is 80.0 Å². The van der Waals surface area contributed by atoms with Gasteiger partial charge in [0.1, 0.15) is 6.10 Å². The van der Waals surface area contributed by atoms with Gasteiger partial charge in [-0.25, -0.2) is 0 Å². The molecule has 0 heterocycles. The summed E-state index contributed by atoms with van der Waals surface area (Å²) in [5.41, 5.74) is -0.00728. The lowest BCUT2D eigenvalue weighted by Crippen LogP contribution is -2.54. The van der Waals surface area contributed by atoms with E-state index in [9.17, 15) is 9.59 Å². The van der Waals surface area contributed by atoms with Crippen molar-refractivity contribution < 1.29 is 21.2 Å². The second-order valence-corrected chi connectivity index (χ2v) is 12.0. The van der Waals surface area contributed by atoms with E-state index in [1.54, 1.807) is 0 Å². The number of rotatable bonds is 10. The van der Waals surface area contributed by atoms with Crippen molar-refractivity contribution in [3.63, 3.8) is 0 Å². The Morgan fingerprint density at radius 2 is 1.76 bits per heavy atom. The summed E-state index contributed by atoms with van der Waals surface area (Å²) in [6, 6.07) is -0.439. The third kappa shape index (κ3) is 5.34. The van der Waals surface area contributed by atoms with Crippen LogP contribution in [-0.2, 0) is 14.3 Å². The van der Waals surface area contributed by atoms with Crippen molar-refractivity contribution in [2.75, 3.05) is 0 Å². The predicted octanol–water partition coefficient (Wildman–Crippen LogP) is 8.06. The average molecular weight is 476 g/mol. The summed E-state index contributed by atoms with van der Waals surface area (Å²) >= 11 is 0. The van der Waals surface area contributed by atoms with Gasteiger partial charge < -0.3 is 4.74 Å². The van der Waals surface area contributed by atoms with E-state index >= 15 is 0 Å². The summed E-state index contributed by atoms with van der Waals surface area (Å²) in [5.74, 6) is -1.49. The van der Waals surface area contributed by atoms with E-state index < -0.39 is 36.4 Å². The monoisotopic (exact) mass is 475 g/mol. The van der Waals surface area contributed by atoms with Crippen LogP contribution >= 0.6 is 0 Å². The Kier molecular flexibility index (Phi) is 6.64. The summed E-state index contributed by atoms with van der Waals surface area (Å²) in [5, 5.41) is 0. The van der Waals surface area contributed by atoms with E-state index in [4.69, 9.17) is 11.6 Å². The molecular weight excluding hydrogens is 420 g/mol.